The molecule has 0 saturated heterocycles. The molecule has 2 aromatic carbocycles. The number of nitrogens with zero attached hydrogens (tertiary/aromatic N) is 2. The van der Waals surface area contributed by atoms with Crippen LogP contribution in [0, 0.1) is 0 Å². The third-order valence-electron chi connectivity index (χ3n) is 4.50. The second kappa shape index (κ2) is 7.83. The van der Waals surface area contributed by atoms with Crippen molar-refractivity contribution in [2.24, 2.45) is 0 Å². The Morgan fingerprint density at radius 3 is 2.62 bits per heavy atom. The first-order valence-electron chi connectivity index (χ1n) is 9.04. The van der Waals surface area contributed by atoms with E-state index in [4.69, 9.17) is 0 Å². The molecule has 0 atom stereocenters. The van der Waals surface area contributed by atoms with Crippen LogP contribution in [0.3, 0.4) is 0 Å². The third-order valence-corrected chi connectivity index (χ3v) is 4.50. The lowest BCUT2D eigenvalue weighted by molar-refractivity contribution is -0.137. The molecule has 148 valence electrons. The van der Waals surface area contributed by atoms with Crippen LogP contribution in [-0.2, 0) is 12.6 Å². The van der Waals surface area contributed by atoms with Crippen LogP contribution in [0.1, 0.15) is 11.1 Å². The molecular weight excluding hydrogens is 379 g/mol. The van der Waals surface area contributed by atoms with Crippen molar-refractivity contribution in [2.75, 3.05) is 17.2 Å². The van der Waals surface area contributed by atoms with Gasteiger partial charge in [0.15, 0.2) is 0 Å². The summed E-state index contributed by atoms with van der Waals surface area (Å²) in [6.45, 7) is 0.655. The number of nitrogens with one attached hydrogen (secondary N) is 3. The van der Waals surface area contributed by atoms with Gasteiger partial charge in [-0.15, -0.1) is 0 Å². The number of hydrogen-bond acceptors (Lipinski definition) is 4. The molecule has 2 aromatic heterocycles. The van der Waals surface area contributed by atoms with Gasteiger partial charge in [0.1, 0.15) is 18.0 Å². The minimum absolute atomic E-state index is 0.309. The summed E-state index contributed by atoms with van der Waals surface area (Å²) in [7, 11) is 0. The number of hydrogen-bond donors (Lipinski definition) is 3. The van der Waals surface area contributed by atoms with Gasteiger partial charge in [0.05, 0.1) is 5.56 Å². The first-order valence-corrected chi connectivity index (χ1v) is 9.04. The van der Waals surface area contributed by atoms with Crippen molar-refractivity contribution in [1.82, 2.24) is 15.0 Å². The molecule has 4 rings (SSSR count). The fourth-order valence-electron chi connectivity index (χ4n) is 3.11. The Hall–Kier alpha value is -3.55. The zero-order valence-corrected chi connectivity index (χ0v) is 15.3. The lowest BCUT2D eigenvalue weighted by Gasteiger charge is -2.11. The maximum atomic E-state index is 12.9. The monoisotopic (exact) mass is 397 g/mol. The lowest BCUT2D eigenvalue weighted by atomic mass is 10.1. The summed E-state index contributed by atoms with van der Waals surface area (Å²) in [5, 5.41) is 7.30. The number of rotatable bonds is 6. The first kappa shape index (κ1) is 18.8. The van der Waals surface area contributed by atoms with Gasteiger partial charge >= 0.3 is 6.18 Å². The van der Waals surface area contributed by atoms with Crippen LogP contribution in [0.5, 0.6) is 0 Å². The van der Waals surface area contributed by atoms with Gasteiger partial charge in [-0.1, -0.05) is 24.3 Å². The second-order valence-electron chi connectivity index (χ2n) is 6.53. The predicted octanol–water partition coefficient (Wildman–Crippen LogP) is 5.37. The Kier molecular flexibility index (Phi) is 5.07. The Balaban J connectivity index is 1.40. The first-order chi connectivity index (χ1) is 14.0. The second-order valence-corrected chi connectivity index (χ2v) is 6.53. The van der Waals surface area contributed by atoms with E-state index in [1.165, 1.54) is 23.3 Å². The largest absolute Gasteiger partial charge is 0.416 e. The van der Waals surface area contributed by atoms with Crippen molar-refractivity contribution in [2.45, 2.75) is 12.6 Å². The van der Waals surface area contributed by atoms with E-state index in [-0.39, 0.29) is 0 Å². The van der Waals surface area contributed by atoms with Crippen LogP contribution >= 0.6 is 0 Å². The van der Waals surface area contributed by atoms with E-state index in [2.05, 4.69) is 31.7 Å². The van der Waals surface area contributed by atoms with Crippen molar-refractivity contribution in [3.63, 3.8) is 0 Å². The molecule has 29 heavy (non-hydrogen) atoms. The Labute approximate surface area is 165 Å². The van der Waals surface area contributed by atoms with E-state index in [0.29, 0.717) is 23.9 Å². The number of aromatic nitrogens is 3. The molecule has 0 bridgehead atoms. The number of anilines is 3. The fraction of sp³-hybridized carbons (Fsp3) is 0.143. The number of fused-ring (bicyclic) bond motifs is 1. The summed E-state index contributed by atoms with van der Waals surface area (Å²) in [6.07, 6.45) is -0.236. The molecule has 5 nitrogen and oxygen atoms in total. The van der Waals surface area contributed by atoms with Crippen molar-refractivity contribution in [1.29, 1.82) is 0 Å². The van der Waals surface area contributed by atoms with Crippen molar-refractivity contribution in [3.8, 4) is 0 Å². The summed E-state index contributed by atoms with van der Waals surface area (Å²) in [5.41, 5.74) is 1.89. The van der Waals surface area contributed by atoms with Crippen LogP contribution in [0.4, 0.5) is 30.5 Å². The highest BCUT2D eigenvalue weighted by atomic mass is 19.4. The van der Waals surface area contributed by atoms with Crippen LogP contribution in [-0.4, -0.2) is 21.5 Å². The van der Waals surface area contributed by atoms with E-state index in [0.717, 1.165) is 24.1 Å². The summed E-state index contributed by atoms with van der Waals surface area (Å²) >= 11 is 0. The molecule has 0 spiro atoms. The summed E-state index contributed by atoms with van der Waals surface area (Å²) < 4.78 is 38.6. The Morgan fingerprint density at radius 1 is 0.931 bits per heavy atom. The summed E-state index contributed by atoms with van der Waals surface area (Å²) in [5.74, 6) is 1.00. The van der Waals surface area contributed by atoms with E-state index in [1.54, 1.807) is 12.1 Å². The highest BCUT2D eigenvalue weighted by molar-refractivity contribution is 5.83. The third kappa shape index (κ3) is 4.48. The maximum Gasteiger partial charge on any atom is 0.416 e. The highest BCUT2D eigenvalue weighted by Gasteiger charge is 2.30. The quantitative estimate of drug-likeness (QED) is 0.409. The number of H-pyrrole nitrogens is 1. The number of para-hydroxylation sites is 1. The molecule has 0 aliphatic heterocycles. The minimum atomic E-state index is -4.39. The number of halogens is 3. The smallest absolute Gasteiger partial charge is 0.370 e. The van der Waals surface area contributed by atoms with Crippen LogP contribution in [0.2, 0.25) is 0 Å². The summed E-state index contributed by atoms with van der Waals surface area (Å²) in [4.78, 5) is 11.5. The molecule has 0 saturated carbocycles. The SMILES string of the molecule is FC(F)(F)c1cccc(Nc2cc(NCCc3c[nH]c4ccccc34)ncn2)c1. The molecular formula is C21H18F3N5. The Morgan fingerprint density at radius 2 is 1.76 bits per heavy atom. The molecule has 0 unspecified atom stereocenters. The van der Waals surface area contributed by atoms with Gasteiger partial charge in [-0.3, -0.25) is 0 Å². The van der Waals surface area contributed by atoms with E-state index in [1.807, 2.05) is 24.4 Å². The van der Waals surface area contributed by atoms with Gasteiger partial charge in [-0.05, 0) is 36.2 Å². The standard InChI is InChI=1S/C21H18F3N5/c22-21(23,24)15-4-3-5-16(10-15)29-20-11-19(27-13-28-20)25-9-8-14-12-26-18-7-2-1-6-17(14)18/h1-7,10-13,26H,8-9H2,(H2,25,27,28,29). The van der Waals surface area contributed by atoms with Gasteiger partial charge in [-0.25, -0.2) is 9.97 Å². The molecule has 0 radical (unpaired) electrons. The topological polar surface area (TPSA) is 65.6 Å². The number of benzene rings is 2. The van der Waals surface area contributed by atoms with E-state index < -0.39 is 11.7 Å². The van der Waals surface area contributed by atoms with Crippen LogP contribution in [0.25, 0.3) is 10.9 Å². The molecule has 0 amide bonds. The zero-order chi connectivity index (χ0) is 20.3. The van der Waals surface area contributed by atoms with Crippen LogP contribution in [0.15, 0.2) is 67.1 Å². The van der Waals surface area contributed by atoms with Crippen LogP contribution < -0.4 is 10.6 Å². The van der Waals surface area contributed by atoms with Gasteiger partial charge in [0.25, 0.3) is 0 Å². The lowest BCUT2D eigenvalue weighted by Crippen LogP contribution is -2.07. The average molecular weight is 397 g/mol. The average Bonchev–Trinajstić information content (AvgIpc) is 3.11. The van der Waals surface area contributed by atoms with Gasteiger partial charge in [0, 0.05) is 35.4 Å². The predicted molar refractivity (Wildman–Crippen MR) is 107 cm³/mol. The van der Waals surface area contributed by atoms with Crippen molar-refractivity contribution >= 4 is 28.2 Å². The highest BCUT2D eigenvalue weighted by Crippen LogP contribution is 2.31. The van der Waals surface area contributed by atoms with Crippen molar-refractivity contribution in [3.05, 3.63) is 78.2 Å². The number of aromatic amines is 1. The van der Waals surface area contributed by atoms with Gasteiger partial charge in [0.2, 0.25) is 0 Å². The molecule has 8 heteroatoms. The molecule has 4 aromatic rings. The number of alkyl halides is 3. The van der Waals surface area contributed by atoms with E-state index >= 15 is 0 Å². The molecule has 3 N–H and O–H groups in total. The molecule has 0 aliphatic carbocycles. The molecule has 0 fully saturated rings. The zero-order valence-electron chi connectivity index (χ0n) is 15.3. The molecule has 2 heterocycles. The fourth-order valence-corrected chi connectivity index (χ4v) is 3.11. The minimum Gasteiger partial charge on any atom is -0.370 e. The summed E-state index contributed by atoms with van der Waals surface area (Å²) in [6, 6.07) is 14.7. The molecule has 0 aliphatic rings. The maximum absolute atomic E-state index is 12.9. The van der Waals surface area contributed by atoms with Crippen molar-refractivity contribution < 1.29 is 13.2 Å². The Bertz CT molecular complexity index is 1120. The van der Waals surface area contributed by atoms with E-state index in [9.17, 15) is 13.2 Å². The van der Waals surface area contributed by atoms with Gasteiger partial charge in [-0.2, -0.15) is 13.2 Å². The van der Waals surface area contributed by atoms with Gasteiger partial charge < -0.3 is 15.6 Å². The normalized spacial score (nSPS) is 11.6.